The van der Waals surface area contributed by atoms with Gasteiger partial charge in [-0.3, -0.25) is 0 Å². The third-order valence-electron chi connectivity index (χ3n) is 4.43. The van der Waals surface area contributed by atoms with Crippen LogP contribution in [0.15, 0.2) is 48.5 Å². The van der Waals surface area contributed by atoms with Crippen LogP contribution in [-0.4, -0.2) is 36.0 Å². The first-order valence-electron chi connectivity index (χ1n) is 8.32. The number of carbonyl (C=O) groups excluding carboxylic acids is 1. The predicted molar refractivity (Wildman–Crippen MR) is 88.4 cm³/mol. The quantitative estimate of drug-likeness (QED) is 0.634. The molecule has 3 rings (SSSR count). The molecule has 0 bridgehead atoms. The maximum absolute atomic E-state index is 12.7. The fraction of sp³-hybridized carbons (Fsp3) is 0.316. The lowest BCUT2D eigenvalue weighted by atomic mass is 9.91. The molecule has 0 unspecified atom stereocenters. The number of benzene rings is 2. The number of amides is 1. The molecule has 150 valence electrons. The van der Waals surface area contributed by atoms with Crippen molar-refractivity contribution in [2.24, 2.45) is 0 Å². The standard InChI is InChI=1S/C19H15F6NO2/c20-18(21,22)16(19(23,24)25)28-17(27)26-10-9-13-7-4-8-14(15(13)11-26)12-5-2-1-3-6-12/h1-8,16H,9-11H2. The van der Waals surface area contributed by atoms with E-state index in [1.54, 1.807) is 18.2 Å². The van der Waals surface area contributed by atoms with E-state index in [9.17, 15) is 31.1 Å². The Kier molecular flexibility index (Phi) is 5.27. The third-order valence-corrected chi connectivity index (χ3v) is 4.43. The van der Waals surface area contributed by atoms with E-state index in [2.05, 4.69) is 4.74 Å². The van der Waals surface area contributed by atoms with E-state index >= 15 is 0 Å². The van der Waals surface area contributed by atoms with Gasteiger partial charge in [0.1, 0.15) is 0 Å². The molecule has 0 N–H and O–H groups in total. The summed E-state index contributed by atoms with van der Waals surface area (Å²) in [7, 11) is 0. The monoisotopic (exact) mass is 403 g/mol. The predicted octanol–water partition coefficient (Wildman–Crippen LogP) is 5.34. The molecule has 0 aromatic heterocycles. The molecule has 9 heteroatoms. The highest BCUT2D eigenvalue weighted by atomic mass is 19.4. The normalized spacial score (nSPS) is 14.8. The van der Waals surface area contributed by atoms with Gasteiger partial charge in [0.25, 0.3) is 6.10 Å². The van der Waals surface area contributed by atoms with Gasteiger partial charge in [-0.1, -0.05) is 48.5 Å². The molecule has 2 aromatic carbocycles. The minimum Gasteiger partial charge on any atom is -0.426 e. The fourth-order valence-electron chi connectivity index (χ4n) is 3.12. The van der Waals surface area contributed by atoms with Crippen molar-refractivity contribution in [1.82, 2.24) is 4.90 Å². The maximum Gasteiger partial charge on any atom is 0.434 e. The zero-order valence-electron chi connectivity index (χ0n) is 14.3. The van der Waals surface area contributed by atoms with Crippen LogP contribution in [0.25, 0.3) is 11.1 Å². The average molecular weight is 403 g/mol. The van der Waals surface area contributed by atoms with Gasteiger partial charge in [-0.05, 0) is 28.7 Å². The van der Waals surface area contributed by atoms with Gasteiger partial charge in [0.2, 0.25) is 0 Å². The molecule has 0 saturated carbocycles. The Morgan fingerprint density at radius 2 is 1.57 bits per heavy atom. The number of hydrogen-bond donors (Lipinski definition) is 0. The summed E-state index contributed by atoms with van der Waals surface area (Å²) in [6.07, 6.45) is -17.0. The van der Waals surface area contributed by atoms with Crippen LogP contribution >= 0.6 is 0 Å². The van der Waals surface area contributed by atoms with Crippen molar-refractivity contribution in [3.8, 4) is 11.1 Å². The SMILES string of the molecule is O=C(OC(C(F)(F)F)C(F)(F)F)N1CCc2cccc(-c3ccccc3)c2C1. The van der Waals surface area contributed by atoms with Gasteiger partial charge < -0.3 is 9.64 Å². The number of rotatable bonds is 2. The molecule has 3 nitrogen and oxygen atoms in total. The summed E-state index contributed by atoms with van der Waals surface area (Å²) in [5.41, 5.74) is 3.15. The van der Waals surface area contributed by atoms with Crippen LogP contribution in [0.2, 0.25) is 0 Å². The van der Waals surface area contributed by atoms with E-state index < -0.39 is 24.5 Å². The van der Waals surface area contributed by atoms with Crippen molar-refractivity contribution < 1.29 is 35.9 Å². The molecule has 0 fully saturated rings. The second-order valence-electron chi connectivity index (χ2n) is 6.33. The molecule has 0 radical (unpaired) electrons. The summed E-state index contributed by atoms with van der Waals surface area (Å²) in [5.74, 6) is 0. The smallest absolute Gasteiger partial charge is 0.426 e. The Morgan fingerprint density at radius 1 is 0.929 bits per heavy atom. The lowest BCUT2D eigenvalue weighted by Crippen LogP contribution is -2.48. The van der Waals surface area contributed by atoms with E-state index in [0.717, 1.165) is 21.6 Å². The molecular weight excluding hydrogens is 388 g/mol. The summed E-state index contributed by atoms with van der Waals surface area (Å²) >= 11 is 0. The lowest BCUT2D eigenvalue weighted by Gasteiger charge is -2.32. The van der Waals surface area contributed by atoms with E-state index in [0.29, 0.717) is 12.0 Å². The first-order valence-corrected chi connectivity index (χ1v) is 8.32. The zero-order valence-corrected chi connectivity index (χ0v) is 14.3. The van der Waals surface area contributed by atoms with Gasteiger partial charge in [0.15, 0.2) is 0 Å². The molecule has 1 heterocycles. The van der Waals surface area contributed by atoms with Gasteiger partial charge in [-0.15, -0.1) is 0 Å². The minimum absolute atomic E-state index is 0.0352. The van der Waals surface area contributed by atoms with Crippen molar-refractivity contribution in [3.05, 3.63) is 59.7 Å². The van der Waals surface area contributed by atoms with Crippen LogP contribution in [0, 0.1) is 0 Å². The van der Waals surface area contributed by atoms with Gasteiger partial charge in [-0.25, -0.2) is 4.79 Å². The summed E-state index contributed by atoms with van der Waals surface area (Å²) in [6, 6.07) is 14.5. The molecule has 0 aliphatic carbocycles. The number of ether oxygens (including phenoxy) is 1. The number of nitrogens with zero attached hydrogens (tertiary/aromatic N) is 1. The first-order chi connectivity index (χ1) is 13.1. The Hall–Kier alpha value is -2.71. The molecule has 28 heavy (non-hydrogen) atoms. The minimum atomic E-state index is -5.74. The molecular formula is C19H15F6NO2. The van der Waals surface area contributed by atoms with Crippen LogP contribution in [-0.2, 0) is 17.7 Å². The van der Waals surface area contributed by atoms with Gasteiger partial charge in [-0.2, -0.15) is 26.3 Å². The highest BCUT2D eigenvalue weighted by molar-refractivity contribution is 5.72. The van der Waals surface area contributed by atoms with Gasteiger partial charge in [0, 0.05) is 13.1 Å². The molecule has 0 saturated heterocycles. The molecule has 1 aliphatic rings. The highest BCUT2D eigenvalue weighted by Gasteiger charge is 2.60. The third kappa shape index (κ3) is 4.23. The van der Waals surface area contributed by atoms with Crippen molar-refractivity contribution in [1.29, 1.82) is 0 Å². The maximum atomic E-state index is 12.7. The number of fused-ring (bicyclic) bond motifs is 1. The topological polar surface area (TPSA) is 29.5 Å². The van der Waals surface area contributed by atoms with Crippen LogP contribution in [0.5, 0.6) is 0 Å². The van der Waals surface area contributed by atoms with E-state index in [-0.39, 0.29) is 13.1 Å². The van der Waals surface area contributed by atoms with Crippen LogP contribution in [0.3, 0.4) is 0 Å². The molecule has 1 aliphatic heterocycles. The van der Waals surface area contributed by atoms with E-state index in [1.165, 1.54) is 0 Å². The first kappa shape index (κ1) is 20.0. The number of hydrogen-bond acceptors (Lipinski definition) is 2. The van der Waals surface area contributed by atoms with Crippen molar-refractivity contribution in [3.63, 3.8) is 0 Å². The van der Waals surface area contributed by atoms with Gasteiger partial charge >= 0.3 is 18.4 Å². The largest absolute Gasteiger partial charge is 0.434 e. The Morgan fingerprint density at radius 3 is 2.18 bits per heavy atom. The van der Waals surface area contributed by atoms with Crippen LogP contribution in [0.4, 0.5) is 31.1 Å². The average Bonchev–Trinajstić information content (AvgIpc) is 2.64. The zero-order chi connectivity index (χ0) is 20.5. The molecule has 0 atom stereocenters. The van der Waals surface area contributed by atoms with E-state index in [1.807, 2.05) is 30.3 Å². The summed E-state index contributed by atoms with van der Waals surface area (Å²) in [5, 5.41) is 0. The van der Waals surface area contributed by atoms with Crippen LogP contribution in [0.1, 0.15) is 11.1 Å². The number of halogens is 6. The van der Waals surface area contributed by atoms with Gasteiger partial charge in [0.05, 0.1) is 0 Å². The lowest BCUT2D eigenvalue weighted by molar-refractivity contribution is -0.308. The second kappa shape index (κ2) is 7.37. The second-order valence-corrected chi connectivity index (χ2v) is 6.33. The Bertz CT molecular complexity index is 834. The molecule has 1 amide bonds. The number of carbonyl (C=O) groups is 1. The Balaban J connectivity index is 1.84. The van der Waals surface area contributed by atoms with Crippen LogP contribution < -0.4 is 0 Å². The Labute approximate surface area is 156 Å². The molecule has 2 aromatic rings. The van der Waals surface area contributed by atoms with Crippen molar-refractivity contribution in [2.75, 3.05) is 6.54 Å². The summed E-state index contributed by atoms with van der Waals surface area (Å²) in [4.78, 5) is 12.9. The van der Waals surface area contributed by atoms with Crippen molar-refractivity contribution in [2.45, 2.75) is 31.4 Å². The summed E-state index contributed by atoms with van der Waals surface area (Å²) < 4.78 is 79.7. The highest BCUT2D eigenvalue weighted by Crippen LogP contribution is 2.37. The number of alkyl halides is 6. The fourth-order valence-corrected chi connectivity index (χ4v) is 3.12. The summed E-state index contributed by atoms with van der Waals surface area (Å²) in [6.45, 7) is -0.172. The van der Waals surface area contributed by atoms with Crippen molar-refractivity contribution >= 4 is 6.09 Å². The van der Waals surface area contributed by atoms with E-state index in [4.69, 9.17) is 0 Å². The molecule has 0 spiro atoms.